The zero-order chi connectivity index (χ0) is 11.3. The van der Waals surface area contributed by atoms with Crippen LogP contribution in [0.5, 0.6) is 11.5 Å². The molecule has 0 saturated carbocycles. The Morgan fingerprint density at radius 1 is 1.38 bits per heavy atom. The number of carboxylic acids is 1. The van der Waals surface area contributed by atoms with Gasteiger partial charge in [0.2, 0.25) is 6.79 Å². The normalized spacial score (nSPS) is 13.3. The number of benzene rings is 1. The lowest BCUT2D eigenvalue weighted by atomic mass is 10.1. The van der Waals surface area contributed by atoms with Crippen LogP contribution in [0.3, 0.4) is 0 Å². The van der Waals surface area contributed by atoms with Crippen LogP contribution in [-0.2, 0) is 0 Å². The van der Waals surface area contributed by atoms with Crippen molar-refractivity contribution in [3.8, 4) is 11.5 Å². The largest absolute Gasteiger partial charge is 0.477 e. The lowest BCUT2D eigenvalue weighted by Gasteiger charge is -1.96. The number of ether oxygens (including phenoxy) is 2. The summed E-state index contributed by atoms with van der Waals surface area (Å²) in [5.41, 5.74) is 1.67. The van der Waals surface area contributed by atoms with E-state index in [1.165, 1.54) is 0 Å². The Balaban J connectivity index is 2.32. The van der Waals surface area contributed by atoms with Gasteiger partial charge in [0.25, 0.3) is 0 Å². The van der Waals surface area contributed by atoms with E-state index in [4.69, 9.17) is 14.6 Å². The van der Waals surface area contributed by atoms with E-state index < -0.39 is 5.97 Å². The van der Waals surface area contributed by atoms with E-state index >= 15 is 0 Å². The van der Waals surface area contributed by atoms with Gasteiger partial charge >= 0.3 is 5.97 Å². The molecule has 0 aliphatic carbocycles. The van der Waals surface area contributed by atoms with Crippen molar-refractivity contribution in [2.75, 3.05) is 6.79 Å². The molecule has 0 atom stereocenters. The summed E-state index contributed by atoms with van der Waals surface area (Å²) < 4.78 is 10.5. The molecule has 0 spiro atoms. The zero-order valence-corrected chi connectivity index (χ0v) is 8.53. The molecule has 1 aliphatic heterocycles. The highest BCUT2D eigenvalue weighted by Crippen LogP contribution is 2.37. The number of aromatic carboxylic acids is 1. The predicted molar refractivity (Wildman–Crippen MR) is 56.1 cm³/mol. The fourth-order valence-electron chi connectivity index (χ4n) is 1.93. The second-order valence-corrected chi connectivity index (χ2v) is 3.68. The second kappa shape index (κ2) is 2.91. The number of rotatable bonds is 1. The van der Waals surface area contributed by atoms with Crippen molar-refractivity contribution in [1.82, 2.24) is 4.98 Å². The molecule has 5 nitrogen and oxygen atoms in total. The van der Waals surface area contributed by atoms with E-state index in [0.717, 1.165) is 10.9 Å². The van der Waals surface area contributed by atoms with Gasteiger partial charge < -0.3 is 19.6 Å². The number of nitrogens with one attached hydrogen (secondary N) is 1. The molecule has 0 radical (unpaired) electrons. The molecule has 2 aromatic rings. The number of carboxylic acid groups (broad SMARTS) is 1. The molecule has 5 heteroatoms. The summed E-state index contributed by atoms with van der Waals surface area (Å²) >= 11 is 0. The molecular formula is C11H9NO4. The first-order valence-electron chi connectivity index (χ1n) is 4.82. The number of aryl methyl sites for hydroxylation is 1. The summed E-state index contributed by atoms with van der Waals surface area (Å²) in [5.74, 6) is 0.341. The minimum absolute atomic E-state index is 0.207. The standard InChI is InChI=1S/C11H9NO4/c1-5-6-2-8-9(16-4-15-8)3-7(6)12-10(5)11(13)14/h2-3,12H,4H2,1H3,(H,13,14). The summed E-state index contributed by atoms with van der Waals surface area (Å²) in [6, 6.07) is 3.56. The van der Waals surface area contributed by atoms with Crippen LogP contribution >= 0.6 is 0 Å². The average molecular weight is 219 g/mol. The molecule has 3 rings (SSSR count). The number of aromatic amines is 1. The third kappa shape index (κ3) is 1.08. The van der Waals surface area contributed by atoms with E-state index in [1.807, 2.05) is 0 Å². The number of carbonyl (C=O) groups is 1. The highest BCUT2D eigenvalue weighted by atomic mass is 16.7. The van der Waals surface area contributed by atoms with E-state index in [-0.39, 0.29) is 12.5 Å². The first-order valence-corrected chi connectivity index (χ1v) is 4.82. The van der Waals surface area contributed by atoms with Crippen LogP contribution < -0.4 is 9.47 Å². The molecule has 0 saturated heterocycles. The molecule has 2 N–H and O–H groups in total. The summed E-state index contributed by atoms with van der Waals surface area (Å²) in [6.07, 6.45) is 0. The van der Waals surface area contributed by atoms with E-state index in [9.17, 15) is 4.79 Å². The molecule has 2 heterocycles. The Kier molecular flexibility index (Phi) is 1.65. The topological polar surface area (TPSA) is 71.5 Å². The van der Waals surface area contributed by atoms with E-state index in [0.29, 0.717) is 17.1 Å². The van der Waals surface area contributed by atoms with Crippen LogP contribution in [0.25, 0.3) is 10.9 Å². The van der Waals surface area contributed by atoms with Gasteiger partial charge in [-0.05, 0) is 18.6 Å². The van der Waals surface area contributed by atoms with Crippen molar-refractivity contribution < 1.29 is 19.4 Å². The van der Waals surface area contributed by atoms with Gasteiger partial charge in [-0.2, -0.15) is 0 Å². The quantitative estimate of drug-likeness (QED) is 0.768. The lowest BCUT2D eigenvalue weighted by Crippen LogP contribution is -1.98. The third-order valence-corrected chi connectivity index (χ3v) is 2.77. The molecule has 0 fully saturated rings. The van der Waals surface area contributed by atoms with Gasteiger partial charge in [-0.15, -0.1) is 0 Å². The van der Waals surface area contributed by atoms with Crippen molar-refractivity contribution >= 4 is 16.9 Å². The number of hydrogen-bond acceptors (Lipinski definition) is 3. The van der Waals surface area contributed by atoms with E-state index in [2.05, 4.69) is 4.98 Å². The highest BCUT2D eigenvalue weighted by molar-refractivity contribution is 5.98. The first-order chi connectivity index (χ1) is 7.66. The molecule has 1 aromatic carbocycles. The number of hydrogen-bond donors (Lipinski definition) is 2. The molecular weight excluding hydrogens is 210 g/mol. The van der Waals surface area contributed by atoms with Gasteiger partial charge in [0.15, 0.2) is 11.5 Å². The Labute approximate surface area is 90.6 Å². The maximum absolute atomic E-state index is 11.0. The van der Waals surface area contributed by atoms with Crippen molar-refractivity contribution in [3.05, 3.63) is 23.4 Å². The Hall–Kier alpha value is -2.17. The van der Waals surface area contributed by atoms with Crippen molar-refractivity contribution in [2.24, 2.45) is 0 Å². The first kappa shape index (κ1) is 9.08. The number of fused-ring (bicyclic) bond motifs is 2. The van der Waals surface area contributed by atoms with Crippen molar-refractivity contribution in [3.63, 3.8) is 0 Å². The molecule has 1 aromatic heterocycles. The maximum atomic E-state index is 11.0. The van der Waals surface area contributed by atoms with Crippen molar-refractivity contribution in [1.29, 1.82) is 0 Å². The lowest BCUT2D eigenvalue weighted by molar-refractivity contribution is 0.0690. The van der Waals surface area contributed by atoms with Gasteiger partial charge in [-0.1, -0.05) is 0 Å². The Bertz CT molecular complexity index is 600. The smallest absolute Gasteiger partial charge is 0.352 e. The van der Waals surface area contributed by atoms with Crippen LogP contribution in [0, 0.1) is 6.92 Å². The number of H-pyrrole nitrogens is 1. The molecule has 0 amide bonds. The Morgan fingerprint density at radius 3 is 2.75 bits per heavy atom. The Morgan fingerprint density at radius 2 is 2.06 bits per heavy atom. The van der Waals surface area contributed by atoms with Gasteiger partial charge in [0.1, 0.15) is 5.69 Å². The monoisotopic (exact) mass is 219 g/mol. The summed E-state index contributed by atoms with van der Waals surface area (Å²) in [4.78, 5) is 13.8. The van der Waals surface area contributed by atoms with Gasteiger partial charge in [-0.25, -0.2) is 4.79 Å². The van der Waals surface area contributed by atoms with Crippen LogP contribution in [0.4, 0.5) is 0 Å². The minimum atomic E-state index is -0.962. The molecule has 16 heavy (non-hydrogen) atoms. The summed E-state index contributed by atoms with van der Waals surface area (Å²) in [7, 11) is 0. The third-order valence-electron chi connectivity index (χ3n) is 2.77. The van der Waals surface area contributed by atoms with Crippen LogP contribution in [0.2, 0.25) is 0 Å². The average Bonchev–Trinajstić information content (AvgIpc) is 2.80. The summed E-state index contributed by atoms with van der Waals surface area (Å²) in [6.45, 7) is 1.98. The van der Waals surface area contributed by atoms with Crippen LogP contribution in [0.15, 0.2) is 12.1 Å². The minimum Gasteiger partial charge on any atom is -0.477 e. The molecule has 82 valence electrons. The summed E-state index contributed by atoms with van der Waals surface area (Å²) in [5, 5.41) is 9.83. The maximum Gasteiger partial charge on any atom is 0.352 e. The SMILES string of the molecule is Cc1c(C(=O)O)[nH]c2cc3c(cc12)OCO3. The predicted octanol–water partition coefficient (Wildman–Crippen LogP) is 1.90. The molecule has 0 unspecified atom stereocenters. The van der Waals surface area contributed by atoms with E-state index in [1.54, 1.807) is 19.1 Å². The highest BCUT2D eigenvalue weighted by Gasteiger charge is 2.19. The second-order valence-electron chi connectivity index (χ2n) is 3.68. The van der Waals surface area contributed by atoms with Gasteiger partial charge in [0.05, 0.1) is 5.52 Å². The van der Waals surface area contributed by atoms with Crippen molar-refractivity contribution in [2.45, 2.75) is 6.92 Å². The van der Waals surface area contributed by atoms with Crippen LogP contribution in [-0.4, -0.2) is 22.9 Å². The van der Waals surface area contributed by atoms with Gasteiger partial charge in [0, 0.05) is 11.5 Å². The van der Waals surface area contributed by atoms with Gasteiger partial charge in [-0.3, -0.25) is 0 Å². The fraction of sp³-hybridized carbons (Fsp3) is 0.182. The molecule has 0 bridgehead atoms. The zero-order valence-electron chi connectivity index (χ0n) is 8.53. The molecule has 1 aliphatic rings. The fourth-order valence-corrected chi connectivity index (χ4v) is 1.93. The number of aromatic nitrogens is 1. The van der Waals surface area contributed by atoms with Crippen LogP contribution in [0.1, 0.15) is 16.1 Å².